The summed E-state index contributed by atoms with van der Waals surface area (Å²) >= 11 is 7.32. The topological polar surface area (TPSA) is 78.3 Å². The third-order valence-corrected chi connectivity index (χ3v) is 5.91. The molecule has 0 saturated carbocycles. The van der Waals surface area contributed by atoms with Crippen molar-refractivity contribution < 1.29 is 14.3 Å². The summed E-state index contributed by atoms with van der Waals surface area (Å²) < 4.78 is 13.3. The first-order valence-corrected chi connectivity index (χ1v) is 11.8. The number of para-hydroxylation sites is 2. The van der Waals surface area contributed by atoms with Gasteiger partial charge < -0.3 is 19.4 Å². The van der Waals surface area contributed by atoms with Crippen LogP contribution in [0.4, 0.5) is 5.69 Å². The normalized spacial score (nSPS) is 10.8. The zero-order chi connectivity index (χ0) is 22.9. The predicted molar refractivity (Wildman–Crippen MR) is 128 cm³/mol. The minimum Gasteiger partial charge on any atom is -0.493 e. The molecule has 1 amide bonds. The van der Waals surface area contributed by atoms with Crippen LogP contribution in [0.15, 0.2) is 47.6 Å². The van der Waals surface area contributed by atoms with Crippen LogP contribution < -0.4 is 14.8 Å². The predicted octanol–water partition coefficient (Wildman–Crippen LogP) is 4.92. The van der Waals surface area contributed by atoms with E-state index in [4.69, 9.17) is 21.1 Å². The molecule has 0 saturated heterocycles. The van der Waals surface area contributed by atoms with Crippen molar-refractivity contribution in [1.29, 1.82) is 0 Å². The number of aryl methyl sites for hydroxylation is 2. The van der Waals surface area contributed by atoms with E-state index in [2.05, 4.69) is 15.5 Å². The molecule has 0 fully saturated rings. The fourth-order valence-corrected chi connectivity index (χ4v) is 4.00. The van der Waals surface area contributed by atoms with Crippen LogP contribution in [0.2, 0.25) is 5.02 Å². The molecule has 0 aliphatic carbocycles. The Morgan fingerprint density at radius 1 is 1.16 bits per heavy atom. The van der Waals surface area contributed by atoms with Crippen molar-refractivity contribution in [1.82, 2.24) is 14.8 Å². The quantitative estimate of drug-likeness (QED) is 0.314. The Bertz CT molecular complexity index is 1060. The molecule has 0 atom stereocenters. The number of halogens is 1. The molecule has 0 aliphatic rings. The number of thioether (sulfide) groups is 1. The summed E-state index contributed by atoms with van der Waals surface area (Å²) in [7, 11) is 1.91. The summed E-state index contributed by atoms with van der Waals surface area (Å²) in [5.41, 5.74) is 1.67. The SMILES string of the molecule is CCOc1ccccc1NC(=O)CSc1nnc(CCCOc2ccc(Cl)cc2C)n1C. The number of rotatable bonds is 11. The zero-order valence-corrected chi connectivity index (χ0v) is 20.0. The lowest BCUT2D eigenvalue weighted by molar-refractivity contribution is -0.113. The molecule has 2 aromatic carbocycles. The van der Waals surface area contributed by atoms with Crippen molar-refractivity contribution in [3.8, 4) is 11.5 Å². The third-order valence-electron chi connectivity index (χ3n) is 4.66. The van der Waals surface area contributed by atoms with Gasteiger partial charge in [-0.1, -0.05) is 35.5 Å². The second-order valence-electron chi connectivity index (χ2n) is 7.09. The van der Waals surface area contributed by atoms with Crippen molar-refractivity contribution in [3.05, 3.63) is 58.9 Å². The van der Waals surface area contributed by atoms with Gasteiger partial charge in [0.2, 0.25) is 5.91 Å². The van der Waals surface area contributed by atoms with E-state index in [9.17, 15) is 4.79 Å². The van der Waals surface area contributed by atoms with Gasteiger partial charge >= 0.3 is 0 Å². The monoisotopic (exact) mass is 474 g/mol. The summed E-state index contributed by atoms with van der Waals surface area (Å²) in [6, 6.07) is 13.0. The van der Waals surface area contributed by atoms with Crippen LogP contribution in [-0.2, 0) is 18.3 Å². The van der Waals surface area contributed by atoms with Gasteiger partial charge in [-0.2, -0.15) is 0 Å². The zero-order valence-electron chi connectivity index (χ0n) is 18.4. The van der Waals surface area contributed by atoms with E-state index in [-0.39, 0.29) is 11.7 Å². The Morgan fingerprint density at radius 2 is 1.97 bits per heavy atom. The highest BCUT2D eigenvalue weighted by molar-refractivity contribution is 7.99. The number of benzene rings is 2. The van der Waals surface area contributed by atoms with E-state index in [1.165, 1.54) is 11.8 Å². The molecule has 170 valence electrons. The number of nitrogens with zero attached hydrogens (tertiary/aromatic N) is 3. The lowest BCUT2D eigenvalue weighted by Crippen LogP contribution is -2.15. The maximum atomic E-state index is 12.4. The number of ether oxygens (including phenoxy) is 2. The first-order chi connectivity index (χ1) is 15.5. The van der Waals surface area contributed by atoms with Gasteiger partial charge in [0.1, 0.15) is 17.3 Å². The lowest BCUT2D eigenvalue weighted by atomic mass is 10.2. The van der Waals surface area contributed by atoms with Gasteiger partial charge in [0, 0.05) is 18.5 Å². The number of nitrogens with one attached hydrogen (secondary N) is 1. The molecule has 7 nitrogen and oxygen atoms in total. The van der Waals surface area contributed by atoms with Gasteiger partial charge in [-0.3, -0.25) is 4.79 Å². The van der Waals surface area contributed by atoms with Crippen LogP contribution in [0.1, 0.15) is 24.7 Å². The van der Waals surface area contributed by atoms with E-state index in [0.717, 1.165) is 30.0 Å². The lowest BCUT2D eigenvalue weighted by Gasteiger charge is -2.11. The van der Waals surface area contributed by atoms with E-state index in [1.54, 1.807) is 0 Å². The van der Waals surface area contributed by atoms with Gasteiger partial charge in [-0.25, -0.2) is 0 Å². The molecule has 3 rings (SSSR count). The van der Waals surface area contributed by atoms with E-state index in [0.29, 0.717) is 34.8 Å². The first kappa shape index (κ1) is 23.9. The Kier molecular flexibility index (Phi) is 8.81. The number of hydrogen-bond donors (Lipinski definition) is 1. The molecule has 32 heavy (non-hydrogen) atoms. The molecule has 3 aromatic rings. The highest BCUT2D eigenvalue weighted by atomic mass is 35.5. The van der Waals surface area contributed by atoms with Crippen molar-refractivity contribution in [2.24, 2.45) is 7.05 Å². The summed E-state index contributed by atoms with van der Waals surface area (Å²) in [5, 5.41) is 12.8. The molecule has 0 radical (unpaired) electrons. The molecule has 0 bridgehead atoms. The standard InChI is InChI=1S/C23H27ClN4O3S/c1-4-30-20-9-6-5-8-18(20)25-22(29)15-32-23-27-26-21(28(23)3)10-7-13-31-19-12-11-17(24)14-16(19)2/h5-6,8-9,11-12,14H,4,7,10,13,15H2,1-3H3,(H,25,29). The fourth-order valence-electron chi connectivity index (χ4n) is 3.04. The summed E-state index contributed by atoms with van der Waals surface area (Å²) in [5.74, 6) is 2.45. The Labute approximate surface area is 197 Å². The van der Waals surface area contributed by atoms with Crippen molar-refractivity contribution in [2.45, 2.75) is 31.8 Å². The van der Waals surface area contributed by atoms with Gasteiger partial charge in [0.15, 0.2) is 5.16 Å². The van der Waals surface area contributed by atoms with Crippen molar-refractivity contribution in [3.63, 3.8) is 0 Å². The second kappa shape index (κ2) is 11.8. The molecular weight excluding hydrogens is 448 g/mol. The van der Waals surface area contributed by atoms with Crippen molar-refractivity contribution >= 4 is 35.0 Å². The summed E-state index contributed by atoms with van der Waals surface area (Å²) in [6.45, 7) is 4.98. The fraction of sp³-hybridized carbons (Fsp3) is 0.348. The van der Waals surface area contributed by atoms with Gasteiger partial charge in [0.25, 0.3) is 0 Å². The van der Waals surface area contributed by atoms with Crippen LogP contribution in [0.25, 0.3) is 0 Å². The highest BCUT2D eigenvalue weighted by Crippen LogP contribution is 2.25. The van der Waals surface area contributed by atoms with Crippen LogP contribution in [-0.4, -0.2) is 39.6 Å². The largest absolute Gasteiger partial charge is 0.493 e. The number of amides is 1. The van der Waals surface area contributed by atoms with E-state index < -0.39 is 0 Å². The first-order valence-electron chi connectivity index (χ1n) is 10.4. The summed E-state index contributed by atoms with van der Waals surface area (Å²) in [6.07, 6.45) is 1.53. The average Bonchev–Trinajstić information content (AvgIpc) is 3.12. The molecule has 1 aromatic heterocycles. The molecule has 1 heterocycles. The molecule has 0 spiro atoms. The van der Waals surface area contributed by atoms with E-state index >= 15 is 0 Å². The Hall–Kier alpha value is -2.71. The Balaban J connectivity index is 1.46. The van der Waals surface area contributed by atoms with Crippen LogP contribution in [0.5, 0.6) is 11.5 Å². The van der Waals surface area contributed by atoms with Gasteiger partial charge in [-0.15, -0.1) is 10.2 Å². The molecule has 1 N–H and O–H groups in total. The second-order valence-corrected chi connectivity index (χ2v) is 8.46. The number of hydrogen-bond acceptors (Lipinski definition) is 6. The summed E-state index contributed by atoms with van der Waals surface area (Å²) in [4.78, 5) is 12.4. The minimum absolute atomic E-state index is 0.126. The minimum atomic E-state index is -0.126. The number of carbonyl (C=O) groups excluding carboxylic acids is 1. The molecule has 0 aliphatic heterocycles. The third kappa shape index (κ3) is 6.64. The number of carbonyl (C=O) groups is 1. The maximum Gasteiger partial charge on any atom is 0.234 e. The smallest absolute Gasteiger partial charge is 0.234 e. The number of aromatic nitrogens is 3. The van der Waals surface area contributed by atoms with Gasteiger partial charge in [-0.05, 0) is 56.2 Å². The molecule has 0 unspecified atom stereocenters. The highest BCUT2D eigenvalue weighted by Gasteiger charge is 2.13. The van der Waals surface area contributed by atoms with Crippen LogP contribution in [0.3, 0.4) is 0 Å². The van der Waals surface area contributed by atoms with Gasteiger partial charge in [0.05, 0.1) is 24.7 Å². The molecular formula is C23H27ClN4O3S. The Morgan fingerprint density at radius 3 is 2.75 bits per heavy atom. The number of anilines is 1. The van der Waals surface area contributed by atoms with Crippen LogP contribution >= 0.6 is 23.4 Å². The maximum absolute atomic E-state index is 12.4. The molecule has 9 heteroatoms. The van der Waals surface area contributed by atoms with Crippen LogP contribution in [0, 0.1) is 6.92 Å². The average molecular weight is 475 g/mol. The van der Waals surface area contributed by atoms with Crippen molar-refractivity contribution in [2.75, 3.05) is 24.3 Å². The van der Waals surface area contributed by atoms with E-state index in [1.807, 2.05) is 67.9 Å².